The van der Waals surface area contributed by atoms with Crippen molar-refractivity contribution in [3.05, 3.63) is 47.0 Å². The number of aliphatic carboxylic acids is 1. The monoisotopic (exact) mass is 401 g/mol. The van der Waals surface area contributed by atoms with Crippen LogP contribution in [0.1, 0.15) is 35.1 Å². The summed E-state index contributed by atoms with van der Waals surface area (Å²) in [5.74, 6) is -2.84. The molecule has 0 bridgehead atoms. The van der Waals surface area contributed by atoms with Gasteiger partial charge in [0.1, 0.15) is 18.8 Å². The first-order valence-electron chi connectivity index (χ1n) is 9.74. The fraction of sp³-hybridized carbons (Fsp3) is 0.500. The highest BCUT2D eigenvalue weighted by atomic mass is 16.6. The van der Waals surface area contributed by atoms with Gasteiger partial charge >= 0.3 is 18.0 Å². The lowest BCUT2D eigenvalue weighted by atomic mass is 9.90. The highest BCUT2D eigenvalue weighted by molar-refractivity contribution is 5.90. The smallest absolute Gasteiger partial charge is 0.408 e. The van der Waals surface area contributed by atoms with E-state index in [2.05, 4.69) is 11.9 Å². The third-order valence-corrected chi connectivity index (χ3v) is 6.10. The highest BCUT2D eigenvalue weighted by Crippen LogP contribution is 2.62. The van der Waals surface area contributed by atoms with Gasteiger partial charge in [-0.3, -0.25) is 4.79 Å². The Hall–Kier alpha value is -2.83. The van der Waals surface area contributed by atoms with Crippen molar-refractivity contribution in [2.24, 2.45) is 17.8 Å². The maximum absolute atomic E-state index is 13.1. The number of esters is 1. The summed E-state index contributed by atoms with van der Waals surface area (Å²) < 4.78 is 10.6. The standard InChI is InChI=1S/C22H27NO6/c1-5-8-28-21(27)23-22(7-6-15-17(18(15)22)19(24)25)20(26)29-11-16-13(3)9-12(2)10-14(16)4/h5,9-10,15,17-18H,1,6-8,11H2,2-4H3,(H,23,27)(H,24,25)/t15-,17-,18-,22-/m0/s1. The average Bonchev–Trinajstić information content (AvgIpc) is 3.27. The summed E-state index contributed by atoms with van der Waals surface area (Å²) in [6.07, 6.45) is 1.52. The van der Waals surface area contributed by atoms with E-state index in [1.54, 1.807) is 0 Å². The Balaban J connectivity index is 1.80. The number of aryl methyl sites for hydroxylation is 3. The van der Waals surface area contributed by atoms with Crippen molar-refractivity contribution in [3.63, 3.8) is 0 Å². The molecule has 29 heavy (non-hydrogen) atoms. The second kappa shape index (κ2) is 7.89. The van der Waals surface area contributed by atoms with Crippen LogP contribution in [0, 0.1) is 38.5 Å². The van der Waals surface area contributed by atoms with Crippen LogP contribution in [0.3, 0.4) is 0 Å². The zero-order chi connectivity index (χ0) is 21.3. The van der Waals surface area contributed by atoms with Gasteiger partial charge in [-0.15, -0.1) is 0 Å². The Kier molecular flexibility index (Phi) is 5.68. The molecule has 2 aliphatic carbocycles. The number of carboxylic acid groups (broad SMARTS) is 1. The SMILES string of the molecule is C=CCOC(=O)N[C@@]1(C(=O)OCc2c(C)cc(C)cc2C)CC[C@H]2[C@H](C(=O)O)[C@H]21. The van der Waals surface area contributed by atoms with Crippen LogP contribution >= 0.6 is 0 Å². The van der Waals surface area contributed by atoms with E-state index >= 15 is 0 Å². The van der Waals surface area contributed by atoms with Crippen molar-refractivity contribution >= 4 is 18.0 Å². The maximum Gasteiger partial charge on any atom is 0.408 e. The largest absolute Gasteiger partial charge is 0.481 e. The van der Waals surface area contributed by atoms with Crippen LogP contribution in [0.4, 0.5) is 4.79 Å². The Morgan fingerprint density at radius 3 is 2.45 bits per heavy atom. The molecule has 0 aliphatic heterocycles. The van der Waals surface area contributed by atoms with E-state index in [0.717, 1.165) is 22.3 Å². The van der Waals surface area contributed by atoms with Crippen LogP contribution < -0.4 is 5.32 Å². The number of nitrogens with one attached hydrogen (secondary N) is 1. The third kappa shape index (κ3) is 3.86. The van der Waals surface area contributed by atoms with Crippen molar-refractivity contribution in [2.45, 2.75) is 45.8 Å². The van der Waals surface area contributed by atoms with Crippen LogP contribution in [0.25, 0.3) is 0 Å². The quantitative estimate of drug-likeness (QED) is 0.538. The molecule has 0 saturated heterocycles. The normalized spacial score (nSPS) is 26.9. The number of amides is 1. The molecule has 2 N–H and O–H groups in total. The molecule has 7 heteroatoms. The topological polar surface area (TPSA) is 102 Å². The van der Waals surface area contributed by atoms with Crippen molar-refractivity contribution < 1.29 is 29.0 Å². The van der Waals surface area contributed by atoms with Crippen LogP contribution in [-0.4, -0.2) is 35.3 Å². The summed E-state index contributed by atoms with van der Waals surface area (Å²) in [5, 5.41) is 12.1. The highest BCUT2D eigenvalue weighted by Gasteiger charge is 2.72. The molecule has 156 valence electrons. The van der Waals surface area contributed by atoms with E-state index in [-0.39, 0.29) is 19.1 Å². The lowest BCUT2D eigenvalue weighted by Gasteiger charge is -2.30. The van der Waals surface area contributed by atoms with Crippen molar-refractivity contribution in [3.8, 4) is 0 Å². The Morgan fingerprint density at radius 1 is 1.24 bits per heavy atom. The van der Waals surface area contributed by atoms with E-state index in [0.29, 0.717) is 12.8 Å². The molecule has 2 saturated carbocycles. The summed E-state index contributed by atoms with van der Waals surface area (Å²) in [7, 11) is 0. The molecule has 2 fully saturated rings. The van der Waals surface area contributed by atoms with Gasteiger partial charge < -0.3 is 19.9 Å². The van der Waals surface area contributed by atoms with E-state index in [9.17, 15) is 19.5 Å². The van der Waals surface area contributed by atoms with Crippen molar-refractivity contribution in [1.29, 1.82) is 0 Å². The van der Waals surface area contributed by atoms with E-state index in [1.807, 2.05) is 32.9 Å². The molecule has 1 aromatic rings. The van der Waals surface area contributed by atoms with Gasteiger partial charge in [-0.1, -0.05) is 30.4 Å². The molecule has 0 unspecified atom stereocenters. The maximum atomic E-state index is 13.1. The number of hydrogen-bond acceptors (Lipinski definition) is 5. The summed E-state index contributed by atoms with van der Waals surface area (Å²) >= 11 is 0. The van der Waals surface area contributed by atoms with Gasteiger partial charge in [0.15, 0.2) is 0 Å². The molecule has 0 aromatic heterocycles. The second-order valence-electron chi connectivity index (χ2n) is 8.03. The van der Waals surface area contributed by atoms with Crippen LogP contribution in [0.15, 0.2) is 24.8 Å². The fourth-order valence-electron chi connectivity index (χ4n) is 4.79. The van der Waals surface area contributed by atoms with Gasteiger partial charge in [-0.25, -0.2) is 9.59 Å². The van der Waals surface area contributed by atoms with Gasteiger partial charge in [-0.05, 0) is 56.2 Å². The molecule has 0 heterocycles. The average molecular weight is 401 g/mol. The van der Waals surface area contributed by atoms with Crippen molar-refractivity contribution in [2.75, 3.05) is 6.61 Å². The predicted octanol–water partition coefficient (Wildman–Crippen LogP) is 3.05. The summed E-state index contributed by atoms with van der Waals surface area (Å²) in [6, 6.07) is 4.04. The van der Waals surface area contributed by atoms with Crippen LogP contribution in [0.5, 0.6) is 0 Å². The van der Waals surface area contributed by atoms with E-state index in [1.165, 1.54) is 6.08 Å². The number of benzene rings is 1. The molecule has 7 nitrogen and oxygen atoms in total. The third-order valence-electron chi connectivity index (χ3n) is 6.10. The Morgan fingerprint density at radius 2 is 1.90 bits per heavy atom. The van der Waals surface area contributed by atoms with Gasteiger partial charge in [0.2, 0.25) is 0 Å². The lowest BCUT2D eigenvalue weighted by molar-refractivity contribution is -0.154. The van der Waals surface area contributed by atoms with Gasteiger partial charge in [-0.2, -0.15) is 0 Å². The second-order valence-corrected chi connectivity index (χ2v) is 8.03. The minimum absolute atomic E-state index is 0.00479. The Bertz CT molecular complexity index is 840. The van der Waals surface area contributed by atoms with Crippen molar-refractivity contribution in [1.82, 2.24) is 5.32 Å². The molecule has 0 spiro atoms. The molecule has 2 aliphatic rings. The number of carbonyl (C=O) groups excluding carboxylic acids is 2. The summed E-state index contributed by atoms with van der Waals surface area (Å²) in [5.41, 5.74) is 2.69. The van der Waals surface area contributed by atoms with Gasteiger partial charge in [0, 0.05) is 5.92 Å². The van der Waals surface area contributed by atoms with Crippen LogP contribution in [0.2, 0.25) is 0 Å². The minimum Gasteiger partial charge on any atom is -0.481 e. The minimum atomic E-state index is -1.38. The lowest BCUT2D eigenvalue weighted by Crippen LogP contribution is -2.56. The number of carbonyl (C=O) groups is 3. The van der Waals surface area contributed by atoms with E-state index in [4.69, 9.17) is 9.47 Å². The number of carboxylic acids is 1. The fourth-order valence-corrected chi connectivity index (χ4v) is 4.79. The molecule has 0 radical (unpaired) electrons. The van der Waals surface area contributed by atoms with Crippen LogP contribution in [-0.2, 0) is 25.7 Å². The Labute approximate surface area is 170 Å². The summed E-state index contributed by atoms with van der Waals surface area (Å²) in [6.45, 7) is 9.46. The molecular formula is C22H27NO6. The molecule has 4 atom stereocenters. The molecule has 1 aromatic carbocycles. The van der Waals surface area contributed by atoms with E-state index < -0.39 is 35.4 Å². The number of rotatable bonds is 7. The number of ether oxygens (including phenoxy) is 2. The molecule has 1 amide bonds. The zero-order valence-electron chi connectivity index (χ0n) is 17.0. The van der Waals surface area contributed by atoms with Gasteiger partial charge in [0.25, 0.3) is 0 Å². The first-order chi connectivity index (χ1) is 13.7. The molecule has 3 rings (SSSR count). The zero-order valence-corrected chi connectivity index (χ0v) is 17.0. The first kappa shape index (κ1) is 20.9. The van der Waals surface area contributed by atoms with Gasteiger partial charge in [0.05, 0.1) is 5.92 Å². The number of fused-ring (bicyclic) bond motifs is 1. The number of alkyl carbamates (subject to hydrolysis) is 1. The summed E-state index contributed by atoms with van der Waals surface area (Å²) in [4.78, 5) is 36.9. The number of hydrogen-bond donors (Lipinski definition) is 2. The molecular weight excluding hydrogens is 374 g/mol. The predicted molar refractivity (Wildman–Crippen MR) is 105 cm³/mol. The first-order valence-corrected chi connectivity index (χ1v) is 9.74.